The summed E-state index contributed by atoms with van der Waals surface area (Å²) in [5.41, 5.74) is -3.99. The number of anilines is 1. The number of amides is 1. The second kappa shape index (κ2) is 9.55. The Morgan fingerprint density at radius 2 is 1.65 bits per heavy atom. The summed E-state index contributed by atoms with van der Waals surface area (Å²) in [6.07, 6.45) is -5.23. The fourth-order valence-corrected chi connectivity index (χ4v) is 4.88. The average molecular weight is 518 g/mol. The minimum atomic E-state index is -5.23. The molecule has 13 heteroatoms. The second-order valence-electron chi connectivity index (χ2n) is 6.33. The van der Waals surface area contributed by atoms with Gasteiger partial charge in [0.2, 0.25) is 15.4 Å². The van der Waals surface area contributed by atoms with Gasteiger partial charge in [-0.3, -0.25) is 4.79 Å². The fraction of sp³-hybridized carbons (Fsp3) is 0.278. The van der Waals surface area contributed by atoms with Crippen molar-refractivity contribution in [3.8, 4) is 0 Å². The highest BCUT2D eigenvalue weighted by molar-refractivity contribution is 7.99. The van der Waals surface area contributed by atoms with Gasteiger partial charge in [0.15, 0.2) is 0 Å². The summed E-state index contributed by atoms with van der Waals surface area (Å²) in [5.74, 6) is -1.41. The van der Waals surface area contributed by atoms with Crippen LogP contribution in [0.5, 0.6) is 0 Å². The Hall–Kier alpha value is -1.50. The molecule has 0 unspecified atom stereocenters. The standard InChI is InChI=1S/C18H16Cl2F3NO5S2/c1-17(27,18(21,22)23)16(26)24-14-4-2-10(8-12(14)19)31(28,29)11-3-5-15(13(20)9-11)30-7-6-25/h2-5,8-9,25,27H,6-7H2,1H3,(H,24,26)/t17-/m1/s1. The number of thioether (sulfide) groups is 1. The van der Waals surface area contributed by atoms with Crippen LogP contribution in [-0.4, -0.2) is 48.7 Å². The lowest BCUT2D eigenvalue weighted by atomic mass is 10.1. The van der Waals surface area contributed by atoms with Gasteiger partial charge in [-0.05, 0) is 43.3 Å². The number of sulfone groups is 1. The van der Waals surface area contributed by atoms with Crippen LogP contribution in [0.3, 0.4) is 0 Å². The molecule has 0 aliphatic carbocycles. The quantitative estimate of drug-likeness (QED) is 0.476. The number of aliphatic hydroxyl groups is 2. The van der Waals surface area contributed by atoms with Gasteiger partial charge in [0.25, 0.3) is 5.91 Å². The van der Waals surface area contributed by atoms with Crippen molar-refractivity contribution >= 4 is 56.4 Å². The number of hydrogen-bond acceptors (Lipinski definition) is 6. The van der Waals surface area contributed by atoms with Gasteiger partial charge < -0.3 is 15.5 Å². The number of alkyl halides is 3. The van der Waals surface area contributed by atoms with Crippen LogP contribution < -0.4 is 5.32 Å². The molecule has 0 aliphatic heterocycles. The zero-order valence-electron chi connectivity index (χ0n) is 15.7. The molecule has 0 saturated carbocycles. The first kappa shape index (κ1) is 25.8. The van der Waals surface area contributed by atoms with Gasteiger partial charge in [0.05, 0.1) is 32.1 Å². The van der Waals surface area contributed by atoms with Gasteiger partial charge in [0, 0.05) is 10.6 Å². The van der Waals surface area contributed by atoms with Crippen molar-refractivity contribution in [1.29, 1.82) is 0 Å². The van der Waals surface area contributed by atoms with Crippen molar-refractivity contribution in [2.75, 3.05) is 17.7 Å². The lowest BCUT2D eigenvalue weighted by Gasteiger charge is -2.25. The first-order chi connectivity index (χ1) is 14.2. The van der Waals surface area contributed by atoms with Crippen LogP contribution in [0.2, 0.25) is 10.0 Å². The van der Waals surface area contributed by atoms with Gasteiger partial charge in [-0.2, -0.15) is 13.2 Å². The Labute approximate surface area is 190 Å². The summed E-state index contributed by atoms with van der Waals surface area (Å²) in [6, 6.07) is 7.02. The fourth-order valence-electron chi connectivity index (χ4n) is 2.19. The highest BCUT2D eigenvalue weighted by atomic mass is 35.5. The monoisotopic (exact) mass is 517 g/mol. The topological polar surface area (TPSA) is 104 Å². The highest BCUT2D eigenvalue weighted by Crippen LogP contribution is 2.35. The lowest BCUT2D eigenvalue weighted by molar-refractivity contribution is -0.242. The summed E-state index contributed by atoms with van der Waals surface area (Å²) in [4.78, 5) is 11.9. The molecule has 2 rings (SSSR count). The molecule has 1 amide bonds. The molecule has 0 fully saturated rings. The van der Waals surface area contributed by atoms with E-state index in [1.807, 2.05) is 5.32 Å². The van der Waals surface area contributed by atoms with Crippen molar-refractivity contribution in [1.82, 2.24) is 0 Å². The SMILES string of the molecule is C[C@@](O)(C(=O)Nc1ccc(S(=O)(=O)c2ccc(SCCO)c(Cl)c2)cc1Cl)C(F)(F)F. The molecule has 2 aromatic carbocycles. The van der Waals surface area contributed by atoms with Gasteiger partial charge in [-0.25, -0.2) is 8.42 Å². The number of carbonyl (C=O) groups is 1. The van der Waals surface area contributed by atoms with Gasteiger partial charge in [-0.15, -0.1) is 11.8 Å². The van der Waals surface area contributed by atoms with Crippen molar-refractivity contribution in [2.24, 2.45) is 0 Å². The molecule has 170 valence electrons. The molecule has 6 nitrogen and oxygen atoms in total. The zero-order valence-corrected chi connectivity index (χ0v) is 18.8. The summed E-state index contributed by atoms with van der Waals surface area (Å²) in [6.45, 7) is 0.197. The Balaban J connectivity index is 2.32. The molecule has 2 aromatic rings. The van der Waals surface area contributed by atoms with Gasteiger partial charge in [-0.1, -0.05) is 23.2 Å². The van der Waals surface area contributed by atoms with Crippen molar-refractivity contribution in [3.63, 3.8) is 0 Å². The Morgan fingerprint density at radius 1 is 1.10 bits per heavy atom. The average Bonchev–Trinajstić information content (AvgIpc) is 2.67. The van der Waals surface area contributed by atoms with Crippen molar-refractivity contribution in [2.45, 2.75) is 33.4 Å². The van der Waals surface area contributed by atoms with Gasteiger partial charge in [0.1, 0.15) is 0 Å². The maximum atomic E-state index is 12.8. The predicted octanol–water partition coefficient (Wildman–Crippen LogP) is 4.16. The minimum absolute atomic E-state index is 0.0825. The summed E-state index contributed by atoms with van der Waals surface area (Å²) in [7, 11) is -4.09. The van der Waals surface area contributed by atoms with Crippen LogP contribution in [0, 0.1) is 0 Å². The second-order valence-corrected chi connectivity index (χ2v) is 10.2. The molecule has 31 heavy (non-hydrogen) atoms. The number of benzene rings is 2. The third kappa shape index (κ3) is 5.65. The van der Waals surface area contributed by atoms with Crippen LogP contribution >= 0.6 is 35.0 Å². The van der Waals surface area contributed by atoms with Crippen LogP contribution in [0.15, 0.2) is 51.1 Å². The van der Waals surface area contributed by atoms with E-state index < -0.39 is 27.5 Å². The predicted molar refractivity (Wildman–Crippen MR) is 111 cm³/mol. The van der Waals surface area contributed by atoms with E-state index in [2.05, 4.69) is 0 Å². The van der Waals surface area contributed by atoms with E-state index in [0.717, 1.165) is 18.2 Å². The van der Waals surface area contributed by atoms with Crippen LogP contribution in [0.4, 0.5) is 18.9 Å². The van der Waals surface area contributed by atoms with E-state index in [1.165, 1.54) is 30.0 Å². The third-order valence-corrected chi connectivity index (χ3v) is 7.60. The van der Waals surface area contributed by atoms with E-state index in [9.17, 15) is 31.5 Å². The molecule has 3 N–H and O–H groups in total. The molecule has 1 atom stereocenters. The first-order valence-corrected chi connectivity index (χ1v) is 11.6. The summed E-state index contributed by atoms with van der Waals surface area (Å²) >= 11 is 13.3. The molecule has 0 aromatic heterocycles. The largest absolute Gasteiger partial charge is 0.426 e. The zero-order chi connectivity index (χ0) is 23.6. The van der Waals surface area contributed by atoms with Crippen LogP contribution in [-0.2, 0) is 14.6 Å². The molecule has 0 spiro atoms. The maximum Gasteiger partial charge on any atom is 0.426 e. The van der Waals surface area contributed by atoms with Crippen LogP contribution in [0.1, 0.15) is 6.92 Å². The lowest BCUT2D eigenvalue weighted by Crippen LogP contribution is -2.52. The molecule has 0 heterocycles. The maximum absolute atomic E-state index is 12.8. The first-order valence-electron chi connectivity index (χ1n) is 8.40. The highest BCUT2D eigenvalue weighted by Gasteiger charge is 2.55. The third-order valence-electron chi connectivity index (χ3n) is 4.06. The van der Waals surface area contributed by atoms with E-state index in [-0.39, 0.29) is 39.1 Å². The molecule has 0 radical (unpaired) electrons. The molecular formula is C18H16Cl2F3NO5S2. The van der Waals surface area contributed by atoms with Crippen molar-refractivity contribution < 1.29 is 36.6 Å². The van der Waals surface area contributed by atoms with E-state index >= 15 is 0 Å². The van der Waals surface area contributed by atoms with E-state index in [0.29, 0.717) is 10.6 Å². The molecule has 0 aliphatic rings. The minimum Gasteiger partial charge on any atom is -0.396 e. The van der Waals surface area contributed by atoms with E-state index in [1.54, 1.807) is 0 Å². The summed E-state index contributed by atoms with van der Waals surface area (Å²) < 4.78 is 64.0. The number of rotatable bonds is 7. The number of nitrogens with one attached hydrogen (secondary N) is 1. The molecule has 0 bridgehead atoms. The van der Waals surface area contributed by atoms with Crippen LogP contribution in [0.25, 0.3) is 0 Å². The Bertz CT molecular complexity index is 1090. The smallest absolute Gasteiger partial charge is 0.396 e. The number of hydrogen-bond donors (Lipinski definition) is 3. The Kier molecular flexibility index (Phi) is 7.94. The number of aliphatic hydroxyl groups excluding tert-OH is 1. The van der Waals surface area contributed by atoms with Gasteiger partial charge >= 0.3 is 6.18 Å². The van der Waals surface area contributed by atoms with Crippen molar-refractivity contribution in [3.05, 3.63) is 46.4 Å². The summed E-state index contributed by atoms with van der Waals surface area (Å²) in [5, 5.41) is 19.9. The number of carbonyl (C=O) groups excluding carboxylic acids is 1. The molecular weight excluding hydrogens is 502 g/mol. The molecule has 0 saturated heterocycles. The number of halogens is 5. The Morgan fingerprint density at radius 3 is 2.13 bits per heavy atom. The normalized spacial score (nSPS) is 14.2. The van der Waals surface area contributed by atoms with E-state index in [4.69, 9.17) is 28.3 Å².